The van der Waals surface area contributed by atoms with E-state index >= 15 is 0 Å². The van der Waals surface area contributed by atoms with Crippen molar-refractivity contribution in [3.63, 3.8) is 0 Å². The number of amides is 1. The highest BCUT2D eigenvalue weighted by Crippen LogP contribution is 2.27. The molecule has 6 heteroatoms. The molecule has 1 amide bonds. The molecule has 31 heavy (non-hydrogen) atoms. The maximum absolute atomic E-state index is 12.6. The Morgan fingerprint density at radius 1 is 1.10 bits per heavy atom. The number of nitrogens with one attached hydrogen (secondary N) is 1. The highest BCUT2D eigenvalue weighted by atomic mass is 79.9. The van der Waals surface area contributed by atoms with Gasteiger partial charge >= 0.3 is 0 Å². The highest BCUT2D eigenvalue weighted by molar-refractivity contribution is 9.10. The van der Waals surface area contributed by atoms with Gasteiger partial charge in [0.1, 0.15) is 18.1 Å². The van der Waals surface area contributed by atoms with Crippen molar-refractivity contribution in [3.8, 4) is 11.5 Å². The Balaban J connectivity index is 1.45. The van der Waals surface area contributed by atoms with E-state index in [0.717, 1.165) is 48.4 Å². The number of hydrogen-bond acceptors (Lipinski definition) is 4. The second kappa shape index (κ2) is 12.7. The average molecular weight is 490 g/mol. The first kappa shape index (κ1) is 23.6. The molecule has 0 bridgehead atoms. The zero-order chi connectivity index (χ0) is 21.9. The lowest BCUT2D eigenvalue weighted by atomic mass is 10.2. The van der Waals surface area contributed by atoms with Crippen molar-refractivity contribution >= 4 is 27.5 Å². The van der Waals surface area contributed by atoms with E-state index in [1.165, 1.54) is 25.7 Å². The number of hydrogen-bond donors (Lipinski definition) is 1. The summed E-state index contributed by atoms with van der Waals surface area (Å²) in [7, 11) is 0. The third kappa shape index (κ3) is 7.86. The Hall–Kier alpha value is -2.05. The van der Waals surface area contributed by atoms with E-state index in [1.807, 2.05) is 30.3 Å². The van der Waals surface area contributed by atoms with Crippen LogP contribution in [0.5, 0.6) is 11.5 Å². The van der Waals surface area contributed by atoms with Gasteiger partial charge in [0.2, 0.25) is 0 Å². The van der Waals surface area contributed by atoms with Gasteiger partial charge in [-0.25, -0.2) is 0 Å². The van der Waals surface area contributed by atoms with Crippen molar-refractivity contribution in [3.05, 3.63) is 52.5 Å². The van der Waals surface area contributed by atoms with Gasteiger partial charge in [-0.1, -0.05) is 32.6 Å². The molecular weight excluding hydrogens is 458 g/mol. The van der Waals surface area contributed by atoms with Crippen LogP contribution in [0.4, 0.5) is 5.69 Å². The number of carbonyl (C=O) groups is 1. The van der Waals surface area contributed by atoms with Crippen LogP contribution in [-0.4, -0.2) is 31.8 Å². The zero-order valence-electron chi connectivity index (χ0n) is 18.2. The third-order valence-corrected chi connectivity index (χ3v) is 5.89. The lowest BCUT2D eigenvalue weighted by molar-refractivity contribution is 0.0677. The summed E-state index contributed by atoms with van der Waals surface area (Å²) in [6.07, 6.45) is 8.35. The molecule has 1 saturated heterocycles. The number of carbonyl (C=O) groups excluding carboxylic acids is 1. The minimum atomic E-state index is -0.170. The smallest absolute Gasteiger partial charge is 0.255 e. The summed E-state index contributed by atoms with van der Waals surface area (Å²) >= 11 is 3.50. The largest absolute Gasteiger partial charge is 0.494 e. The average Bonchev–Trinajstić information content (AvgIpc) is 3.30. The van der Waals surface area contributed by atoms with E-state index < -0.39 is 0 Å². The molecule has 3 rings (SSSR count). The van der Waals surface area contributed by atoms with Crippen LogP contribution >= 0.6 is 15.9 Å². The van der Waals surface area contributed by atoms with E-state index in [-0.39, 0.29) is 12.0 Å². The number of ether oxygens (including phenoxy) is 3. The summed E-state index contributed by atoms with van der Waals surface area (Å²) in [4.78, 5) is 12.6. The molecule has 2 aromatic rings. The van der Waals surface area contributed by atoms with Crippen molar-refractivity contribution in [2.75, 3.05) is 25.1 Å². The van der Waals surface area contributed by atoms with E-state index in [2.05, 4.69) is 28.2 Å². The molecule has 1 heterocycles. The Morgan fingerprint density at radius 3 is 2.61 bits per heavy atom. The monoisotopic (exact) mass is 489 g/mol. The van der Waals surface area contributed by atoms with E-state index in [4.69, 9.17) is 14.2 Å². The quantitative estimate of drug-likeness (QED) is 0.340. The zero-order valence-corrected chi connectivity index (χ0v) is 19.8. The van der Waals surface area contributed by atoms with Gasteiger partial charge in [-0.05, 0) is 77.7 Å². The topological polar surface area (TPSA) is 56.8 Å². The normalized spacial score (nSPS) is 15.6. The maximum Gasteiger partial charge on any atom is 0.255 e. The number of benzene rings is 2. The lowest BCUT2D eigenvalue weighted by Crippen LogP contribution is -2.16. The highest BCUT2D eigenvalue weighted by Gasteiger charge is 2.17. The second-order valence-corrected chi connectivity index (χ2v) is 8.69. The summed E-state index contributed by atoms with van der Waals surface area (Å²) in [5, 5.41) is 2.92. The summed E-state index contributed by atoms with van der Waals surface area (Å²) in [5.74, 6) is 1.36. The van der Waals surface area contributed by atoms with Gasteiger partial charge in [-0.15, -0.1) is 0 Å². The maximum atomic E-state index is 12.6. The minimum absolute atomic E-state index is 0.155. The second-order valence-electron chi connectivity index (χ2n) is 7.83. The Kier molecular flexibility index (Phi) is 9.69. The van der Waals surface area contributed by atoms with Gasteiger partial charge < -0.3 is 19.5 Å². The van der Waals surface area contributed by atoms with Crippen molar-refractivity contribution in [1.29, 1.82) is 0 Å². The lowest BCUT2D eigenvalue weighted by Gasteiger charge is -2.13. The molecule has 0 aliphatic carbocycles. The van der Waals surface area contributed by atoms with Gasteiger partial charge in [0.15, 0.2) is 0 Å². The number of rotatable bonds is 12. The van der Waals surface area contributed by atoms with E-state index in [9.17, 15) is 4.79 Å². The van der Waals surface area contributed by atoms with Crippen molar-refractivity contribution < 1.29 is 19.0 Å². The SMILES string of the molecule is CCCCCCCOc1ccc(NC(=O)c2ccc(OCC3CCCO3)c(Br)c2)cc1. The van der Waals surface area contributed by atoms with Crippen molar-refractivity contribution in [2.24, 2.45) is 0 Å². The Morgan fingerprint density at radius 2 is 1.90 bits per heavy atom. The molecule has 5 nitrogen and oxygen atoms in total. The number of halogens is 1. The van der Waals surface area contributed by atoms with Gasteiger partial charge in [-0.3, -0.25) is 4.79 Å². The van der Waals surface area contributed by atoms with Gasteiger partial charge in [0.05, 0.1) is 17.2 Å². The van der Waals surface area contributed by atoms with Crippen LogP contribution in [0.15, 0.2) is 46.9 Å². The molecule has 1 atom stereocenters. The fourth-order valence-corrected chi connectivity index (χ4v) is 3.94. The first-order chi connectivity index (χ1) is 15.2. The molecule has 1 fully saturated rings. The predicted octanol–water partition coefficient (Wildman–Crippen LogP) is 6.61. The molecule has 0 saturated carbocycles. The third-order valence-electron chi connectivity index (χ3n) is 5.27. The fourth-order valence-electron chi connectivity index (χ4n) is 3.45. The molecular formula is C25H32BrNO4. The standard InChI is InChI=1S/C25H32BrNO4/c1-2-3-4-5-6-15-29-21-12-10-20(11-13-21)27-25(28)19-9-14-24(23(26)17-19)31-18-22-8-7-16-30-22/h9-14,17,22H,2-8,15-16,18H2,1H3,(H,27,28). The van der Waals surface area contributed by atoms with Crippen LogP contribution in [0.25, 0.3) is 0 Å². The van der Waals surface area contributed by atoms with Crippen LogP contribution in [-0.2, 0) is 4.74 Å². The van der Waals surface area contributed by atoms with Crippen LogP contribution in [0.2, 0.25) is 0 Å². The Bertz CT molecular complexity index is 819. The molecule has 0 radical (unpaired) electrons. The summed E-state index contributed by atoms with van der Waals surface area (Å²) in [6, 6.07) is 12.8. The van der Waals surface area contributed by atoms with E-state index in [0.29, 0.717) is 17.9 Å². The number of anilines is 1. The minimum Gasteiger partial charge on any atom is -0.494 e. The molecule has 2 aromatic carbocycles. The molecule has 1 N–H and O–H groups in total. The van der Waals surface area contributed by atoms with Crippen LogP contribution in [0.3, 0.4) is 0 Å². The molecule has 168 valence electrons. The summed E-state index contributed by atoms with van der Waals surface area (Å²) < 4.78 is 17.9. The van der Waals surface area contributed by atoms with E-state index in [1.54, 1.807) is 12.1 Å². The van der Waals surface area contributed by atoms with Crippen molar-refractivity contribution in [2.45, 2.75) is 58.0 Å². The summed E-state index contributed by atoms with van der Waals surface area (Å²) in [6.45, 7) is 4.27. The first-order valence-corrected chi connectivity index (χ1v) is 12.0. The molecule has 1 unspecified atom stereocenters. The molecule has 1 aliphatic heterocycles. The Labute approximate surface area is 193 Å². The predicted molar refractivity (Wildman–Crippen MR) is 127 cm³/mol. The first-order valence-electron chi connectivity index (χ1n) is 11.2. The molecule has 1 aliphatic rings. The molecule has 0 aromatic heterocycles. The van der Waals surface area contributed by atoms with Crippen LogP contribution in [0, 0.1) is 0 Å². The van der Waals surface area contributed by atoms with Gasteiger partial charge in [-0.2, -0.15) is 0 Å². The molecule has 0 spiro atoms. The fraction of sp³-hybridized carbons (Fsp3) is 0.480. The van der Waals surface area contributed by atoms with Crippen molar-refractivity contribution in [1.82, 2.24) is 0 Å². The summed E-state index contributed by atoms with van der Waals surface area (Å²) in [5.41, 5.74) is 1.29. The van der Waals surface area contributed by atoms with Crippen LogP contribution in [0.1, 0.15) is 62.2 Å². The van der Waals surface area contributed by atoms with Gasteiger partial charge in [0.25, 0.3) is 5.91 Å². The van der Waals surface area contributed by atoms with Gasteiger partial charge in [0, 0.05) is 17.9 Å². The van der Waals surface area contributed by atoms with Crippen LogP contribution < -0.4 is 14.8 Å². The number of unbranched alkanes of at least 4 members (excludes halogenated alkanes) is 4.